The van der Waals surface area contributed by atoms with Crippen molar-refractivity contribution in [2.24, 2.45) is 0 Å². The summed E-state index contributed by atoms with van der Waals surface area (Å²) in [5, 5.41) is 0.477. The van der Waals surface area contributed by atoms with Crippen molar-refractivity contribution >= 4 is 14.2 Å². The Balaban J connectivity index is 1.62. The molecule has 0 unspecified atom stereocenters. The Hall–Kier alpha value is -4.05. The molecule has 4 rings (SSSR count). The quantitative estimate of drug-likeness (QED) is 0.299. The number of rotatable bonds is 10. The third-order valence-corrected chi connectivity index (χ3v) is 4.55. The van der Waals surface area contributed by atoms with Gasteiger partial charge in [0.2, 0.25) is 0 Å². The van der Waals surface area contributed by atoms with Crippen LogP contribution in [0.2, 0.25) is 0 Å². The van der Waals surface area contributed by atoms with Crippen LogP contribution in [-0.4, -0.2) is 14.2 Å². The predicted molar refractivity (Wildman–Crippen MR) is 129 cm³/mol. The van der Waals surface area contributed by atoms with Crippen LogP contribution in [-0.2, 0) is 0 Å². The maximum Gasteiger partial charge on any atom is 0.626 e. The minimum absolute atomic E-state index is 0.477. The molecule has 0 amide bonds. The maximum atomic E-state index is 6.15. The van der Waals surface area contributed by atoms with Gasteiger partial charge in [0.1, 0.15) is 23.0 Å². The molecule has 0 N–H and O–H groups in total. The van der Waals surface area contributed by atoms with Crippen molar-refractivity contribution in [2.75, 3.05) is 0 Å². The normalized spacial score (nSPS) is 10.0. The second-order valence-corrected chi connectivity index (χ2v) is 6.96. The minimum atomic E-state index is -0.850. The molecule has 0 bridgehead atoms. The van der Waals surface area contributed by atoms with Crippen LogP contribution in [0.5, 0.6) is 23.0 Å². The van der Waals surface area contributed by atoms with E-state index < -0.39 is 14.2 Å². The van der Waals surface area contributed by atoms with Crippen molar-refractivity contribution in [1.82, 2.24) is 0 Å². The summed E-state index contributed by atoms with van der Waals surface area (Å²) in [6.45, 7) is 4.24. The summed E-state index contributed by atoms with van der Waals surface area (Å²) in [6, 6.07) is 37.8. The summed E-state index contributed by atoms with van der Waals surface area (Å²) in [4.78, 5) is 0. The lowest BCUT2D eigenvalue weighted by atomic mass is 9.58. The van der Waals surface area contributed by atoms with Crippen molar-refractivity contribution in [2.45, 2.75) is 0 Å². The molecule has 0 saturated heterocycles. The topological polar surface area (TPSA) is 36.9 Å². The number of hydrogen-bond acceptors (Lipinski definition) is 4. The fraction of sp³-hybridized carbons (Fsp3) is 0. The number of hydrogen-bond donors (Lipinski definition) is 0. The summed E-state index contributed by atoms with van der Waals surface area (Å²) < 4.78 is 24.6. The molecule has 0 spiro atoms. The Morgan fingerprint density at radius 3 is 0.844 bits per heavy atom. The van der Waals surface area contributed by atoms with E-state index in [9.17, 15) is 0 Å². The van der Waals surface area contributed by atoms with Crippen LogP contribution in [0.25, 0.3) is 0 Å². The summed E-state index contributed by atoms with van der Waals surface area (Å²) >= 11 is 0. The van der Waals surface area contributed by atoms with Gasteiger partial charge in [0.05, 0.1) is 0 Å². The van der Waals surface area contributed by atoms with Crippen molar-refractivity contribution in [1.29, 1.82) is 0 Å². The summed E-state index contributed by atoms with van der Waals surface area (Å²) in [5.74, 6) is 2.58. The Bertz CT molecular complexity index is 922. The molecule has 6 heteroatoms. The van der Waals surface area contributed by atoms with Crippen LogP contribution >= 0.6 is 0 Å². The average Bonchev–Trinajstić information content (AvgIpc) is 2.85. The molecule has 0 heterocycles. The molecule has 0 radical (unpaired) electrons. The van der Waals surface area contributed by atoms with Crippen molar-refractivity contribution in [3.63, 3.8) is 0 Å². The highest BCUT2D eigenvalue weighted by Crippen LogP contribution is 2.22. The van der Waals surface area contributed by atoms with E-state index in [1.54, 1.807) is 0 Å². The zero-order chi connectivity index (χ0) is 22.0. The molecule has 4 aromatic carbocycles. The summed E-state index contributed by atoms with van der Waals surface area (Å²) in [6.07, 6.45) is 0. The maximum absolute atomic E-state index is 6.15. The van der Waals surface area contributed by atoms with Crippen molar-refractivity contribution in [3.8, 4) is 23.0 Å². The van der Waals surface area contributed by atoms with Gasteiger partial charge in [-0.3, -0.25) is 0 Å². The molecule has 0 aliphatic carbocycles. The van der Waals surface area contributed by atoms with Gasteiger partial charge in [0, 0.05) is 5.37 Å². The van der Waals surface area contributed by atoms with Gasteiger partial charge < -0.3 is 18.6 Å². The Labute approximate surface area is 189 Å². The summed E-state index contributed by atoms with van der Waals surface area (Å²) in [5.41, 5.74) is 0. The minimum Gasteiger partial charge on any atom is -0.523 e. The zero-order valence-corrected chi connectivity index (χ0v) is 17.5. The van der Waals surface area contributed by atoms with E-state index in [1.165, 1.54) is 0 Å². The SMILES string of the molecule is C=C(B(Oc1ccccc1)Oc1ccccc1)B(Oc1ccccc1)Oc1ccccc1. The third kappa shape index (κ3) is 5.99. The molecule has 0 atom stereocenters. The third-order valence-electron chi connectivity index (χ3n) is 4.55. The second kappa shape index (κ2) is 10.8. The molecule has 0 saturated carbocycles. The fourth-order valence-corrected chi connectivity index (χ4v) is 2.95. The Morgan fingerprint density at radius 1 is 0.406 bits per heavy atom. The van der Waals surface area contributed by atoms with Gasteiger partial charge in [-0.15, -0.1) is 6.58 Å². The van der Waals surface area contributed by atoms with Crippen LogP contribution in [0.3, 0.4) is 0 Å². The van der Waals surface area contributed by atoms with Gasteiger partial charge in [-0.1, -0.05) is 72.8 Å². The van der Waals surface area contributed by atoms with Gasteiger partial charge in [-0.2, -0.15) is 0 Å². The number of benzene rings is 4. The molecular formula is C26H22B2O4. The molecular weight excluding hydrogens is 398 g/mol. The van der Waals surface area contributed by atoms with E-state index in [0.717, 1.165) is 0 Å². The van der Waals surface area contributed by atoms with Crippen LogP contribution in [0.15, 0.2) is 133 Å². The molecule has 32 heavy (non-hydrogen) atoms. The fourth-order valence-electron chi connectivity index (χ4n) is 2.95. The van der Waals surface area contributed by atoms with Gasteiger partial charge in [-0.25, -0.2) is 0 Å². The molecule has 4 nitrogen and oxygen atoms in total. The monoisotopic (exact) mass is 420 g/mol. The lowest BCUT2D eigenvalue weighted by molar-refractivity contribution is 0.415. The van der Waals surface area contributed by atoms with E-state index in [1.807, 2.05) is 121 Å². The highest BCUT2D eigenvalue weighted by molar-refractivity contribution is 6.78. The van der Waals surface area contributed by atoms with Gasteiger partial charge in [0.15, 0.2) is 0 Å². The second-order valence-electron chi connectivity index (χ2n) is 6.96. The smallest absolute Gasteiger partial charge is 0.523 e. The van der Waals surface area contributed by atoms with Gasteiger partial charge in [-0.05, 0) is 48.5 Å². The highest BCUT2D eigenvalue weighted by Gasteiger charge is 2.42. The standard InChI is InChI=1S/C26H22B2O4/c1-22(27(29-23-14-6-2-7-15-23)30-24-16-8-3-9-17-24)28(31-25-18-10-4-11-19-25)32-26-20-12-5-13-21-26/h2-21H,1H2. The van der Waals surface area contributed by atoms with Crippen LogP contribution < -0.4 is 18.6 Å². The summed E-state index contributed by atoms with van der Waals surface area (Å²) in [7, 11) is -1.70. The van der Waals surface area contributed by atoms with Gasteiger partial charge in [0.25, 0.3) is 0 Å². The van der Waals surface area contributed by atoms with E-state index in [2.05, 4.69) is 6.58 Å². The van der Waals surface area contributed by atoms with Crippen LogP contribution in [0.4, 0.5) is 0 Å². The largest absolute Gasteiger partial charge is 0.626 e. The van der Waals surface area contributed by atoms with E-state index >= 15 is 0 Å². The first kappa shape index (κ1) is 21.2. The van der Waals surface area contributed by atoms with Gasteiger partial charge >= 0.3 is 14.2 Å². The average molecular weight is 420 g/mol. The first-order valence-corrected chi connectivity index (χ1v) is 10.3. The lowest BCUT2D eigenvalue weighted by Gasteiger charge is -2.23. The molecule has 0 aromatic heterocycles. The number of para-hydroxylation sites is 4. The molecule has 0 fully saturated rings. The van der Waals surface area contributed by atoms with Crippen molar-refractivity contribution < 1.29 is 18.6 Å². The first-order chi connectivity index (χ1) is 15.8. The molecule has 156 valence electrons. The molecule has 4 aromatic rings. The van der Waals surface area contributed by atoms with Crippen molar-refractivity contribution in [3.05, 3.63) is 133 Å². The van der Waals surface area contributed by atoms with Crippen LogP contribution in [0.1, 0.15) is 0 Å². The Kier molecular flexibility index (Phi) is 7.17. The highest BCUT2D eigenvalue weighted by atomic mass is 16.6. The molecule has 0 aliphatic heterocycles. The van der Waals surface area contributed by atoms with E-state index in [0.29, 0.717) is 28.4 Å². The zero-order valence-electron chi connectivity index (χ0n) is 17.5. The van der Waals surface area contributed by atoms with E-state index in [-0.39, 0.29) is 0 Å². The first-order valence-electron chi connectivity index (χ1n) is 10.3. The van der Waals surface area contributed by atoms with Crippen LogP contribution in [0, 0.1) is 0 Å². The van der Waals surface area contributed by atoms with E-state index in [4.69, 9.17) is 18.6 Å². The molecule has 0 aliphatic rings. The predicted octanol–water partition coefficient (Wildman–Crippen LogP) is 5.91. The Morgan fingerprint density at radius 2 is 0.625 bits per heavy atom. The lowest BCUT2D eigenvalue weighted by Crippen LogP contribution is -2.45.